The molecule has 2 rings (SSSR count). The monoisotopic (exact) mass is 305 g/mol. The second-order valence-electron chi connectivity index (χ2n) is 6.13. The third kappa shape index (κ3) is 4.95. The van der Waals surface area contributed by atoms with Crippen molar-refractivity contribution in [3.05, 3.63) is 47.8 Å². The smallest absolute Gasteiger partial charge is 0.303 e. The fourth-order valence-electron chi connectivity index (χ4n) is 3.17. The summed E-state index contributed by atoms with van der Waals surface area (Å²) in [7, 11) is 2.12. The first-order valence-electron chi connectivity index (χ1n) is 7.87. The van der Waals surface area contributed by atoms with Gasteiger partial charge in [-0.2, -0.15) is 0 Å². The maximum atomic E-state index is 13.1. The molecule has 1 fully saturated rings. The van der Waals surface area contributed by atoms with E-state index in [0.717, 1.165) is 25.9 Å². The van der Waals surface area contributed by atoms with E-state index in [-0.39, 0.29) is 12.2 Å². The SMILES string of the molecule is CN1C[C@H](CC=CCCCC(=O)O)[C@@H](c2ccc(F)cc2)C1. The number of aliphatic carboxylic acids is 1. The first-order valence-corrected chi connectivity index (χ1v) is 7.87. The van der Waals surface area contributed by atoms with E-state index in [1.165, 1.54) is 17.7 Å². The summed E-state index contributed by atoms with van der Waals surface area (Å²) in [6.07, 6.45) is 6.98. The number of rotatable bonds is 7. The molecule has 0 aliphatic carbocycles. The quantitative estimate of drug-likeness (QED) is 0.617. The van der Waals surface area contributed by atoms with Gasteiger partial charge in [0.05, 0.1) is 0 Å². The van der Waals surface area contributed by atoms with Gasteiger partial charge in [0.2, 0.25) is 0 Å². The van der Waals surface area contributed by atoms with Gasteiger partial charge < -0.3 is 10.0 Å². The van der Waals surface area contributed by atoms with Crippen LogP contribution in [0.15, 0.2) is 36.4 Å². The molecule has 1 aromatic carbocycles. The Balaban J connectivity index is 1.87. The van der Waals surface area contributed by atoms with Crippen molar-refractivity contribution in [1.29, 1.82) is 0 Å². The molecule has 0 radical (unpaired) electrons. The number of allylic oxidation sites excluding steroid dienone is 2. The Labute approximate surface area is 131 Å². The number of hydrogen-bond acceptors (Lipinski definition) is 2. The maximum absolute atomic E-state index is 13.1. The zero-order valence-electron chi connectivity index (χ0n) is 13.0. The van der Waals surface area contributed by atoms with Crippen LogP contribution >= 0.6 is 0 Å². The van der Waals surface area contributed by atoms with Gasteiger partial charge in [0.1, 0.15) is 5.82 Å². The second-order valence-corrected chi connectivity index (χ2v) is 6.13. The number of likely N-dealkylation sites (N-methyl/N-ethyl adjacent to an activating group) is 1. The predicted octanol–water partition coefficient (Wildman–Crippen LogP) is 3.67. The Morgan fingerprint density at radius 2 is 2.05 bits per heavy atom. The van der Waals surface area contributed by atoms with Gasteiger partial charge in [-0.05, 0) is 49.9 Å². The number of benzene rings is 1. The van der Waals surface area contributed by atoms with Gasteiger partial charge >= 0.3 is 5.97 Å². The molecular weight excluding hydrogens is 281 g/mol. The maximum Gasteiger partial charge on any atom is 0.303 e. The standard InChI is InChI=1S/C18H24FNO2/c1-20-12-15(6-4-2-3-5-7-18(21)22)17(13-20)14-8-10-16(19)11-9-14/h2,4,8-11,15,17H,3,5-7,12-13H2,1H3,(H,21,22)/t15-,17+/m0/s1. The number of carboxylic acids is 1. The van der Waals surface area contributed by atoms with Gasteiger partial charge in [-0.1, -0.05) is 24.3 Å². The van der Waals surface area contributed by atoms with Crippen LogP contribution in [0.3, 0.4) is 0 Å². The molecule has 1 N–H and O–H groups in total. The molecule has 0 aromatic heterocycles. The molecule has 22 heavy (non-hydrogen) atoms. The minimum absolute atomic E-state index is 0.190. The Hall–Kier alpha value is -1.68. The molecule has 1 aliphatic heterocycles. The number of carbonyl (C=O) groups is 1. The second kappa shape index (κ2) is 8.08. The van der Waals surface area contributed by atoms with Gasteiger partial charge in [-0.15, -0.1) is 0 Å². The summed E-state index contributed by atoms with van der Waals surface area (Å²) in [5.74, 6) is 0.0487. The number of likely N-dealkylation sites (tertiary alicyclic amines) is 1. The van der Waals surface area contributed by atoms with Crippen LogP contribution in [-0.4, -0.2) is 36.1 Å². The van der Waals surface area contributed by atoms with Crippen molar-refractivity contribution in [3.63, 3.8) is 0 Å². The molecule has 4 heteroatoms. The third-order valence-corrected chi connectivity index (χ3v) is 4.29. The molecule has 0 amide bonds. The molecule has 1 aromatic rings. The van der Waals surface area contributed by atoms with Crippen LogP contribution in [0.5, 0.6) is 0 Å². The molecule has 2 atom stereocenters. The molecule has 0 spiro atoms. The van der Waals surface area contributed by atoms with Crippen molar-refractivity contribution in [2.75, 3.05) is 20.1 Å². The van der Waals surface area contributed by atoms with E-state index in [2.05, 4.69) is 24.1 Å². The molecule has 0 bridgehead atoms. The van der Waals surface area contributed by atoms with Gasteiger partial charge in [-0.25, -0.2) is 4.39 Å². The van der Waals surface area contributed by atoms with E-state index in [9.17, 15) is 9.18 Å². The van der Waals surface area contributed by atoms with Gasteiger partial charge in [0.15, 0.2) is 0 Å². The van der Waals surface area contributed by atoms with Crippen LogP contribution in [-0.2, 0) is 4.79 Å². The molecule has 1 saturated heterocycles. The largest absolute Gasteiger partial charge is 0.481 e. The number of hydrogen-bond donors (Lipinski definition) is 1. The molecule has 3 nitrogen and oxygen atoms in total. The number of carboxylic acid groups (broad SMARTS) is 1. The van der Waals surface area contributed by atoms with Gasteiger partial charge in [0.25, 0.3) is 0 Å². The Kier molecular flexibility index (Phi) is 6.13. The van der Waals surface area contributed by atoms with E-state index < -0.39 is 5.97 Å². The highest BCUT2D eigenvalue weighted by Crippen LogP contribution is 2.34. The normalized spacial score (nSPS) is 22.5. The molecule has 120 valence electrons. The van der Waals surface area contributed by atoms with Crippen LogP contribution in [0.25, 0.3) is 0 Å². The van der Waals surface area contributed by atoms with Crippen molar-refractivity contribution in [2.45, 2.75) is 31.6 Å². The molecule has 0 unspecified atom stereocenters. The highest BCUT2D eigenvalue weighted by molar-refractivity contribution is 5.66. The fraction of sp³-hybridized carbons (Fsp3) is 0.500. The average molecular weight is 305 g/mol. The lowest BCUT2D eigenvalue weighted by Crippen LogP contribution is -2.13. The van der Waals surface area contributed by atoms with E-state index in [4.69, 9.17) is 5.11 Å². The van der Waals surface area contributed by atoms with Gasteiger partial charge in [0, 0.05) is 25.4 Å². The molecular formula is C18H24FNO2. The Morgan fingerprint density at radius 1 is 1.32 bits per heavy atom. The zero-order chi connectivity index (χ0) is 15.9. The first kappa shape index (κ1) is 16.7. The summed E-state index contributed by atoms with van der Waals surface area (Å²) in [5, 5.41) is 8.60. The van der Waals surface area contributed by atoms with E-state index in [1.54, 1.807) is 0 Å². The predicted molar refractivity (Wildman–Crippen MR) is 85.4 cm³/mol. The minimum atomic E-state index is -0.734. The summed E-state index contributed by atoms with van der Waals surface area (Å²) < 4.78 is 13.1. The van der Waals surface area contributed by atoms with Crippen LogP contribution in [0.2, 0.25) is 0 Å². The third-order valence-electron chi connectivity index (χ3n) is 4.29. The van der Waals surface area contributed by atoms with Crippen molar-refractivity contribution in [2.24, 2.45) is 5.92 Å². The van der Waals surface area contributed by atoms with Crippen molar-refractivity contribution in [1.82, 2.24) is 4.90 Å². The fourth-order valence-corrected chi connectivity index (χ4v) is 3.17. The van der Waals surface area contributed by atoms with E-state index in [1.807, 2.05) is 12.1 Å². The molecule has 1 aliphatic rings. The van der Waals surface area contributed by atoms with Crippen molar-refractivity contribution < 1.29 is 14.3 Å². The number of halogens is 1. The van der Waals surface area contributed by atoms with E-state index >= 15 is 0 Å². The molecule has 1 heterocycles. The van der Waals surface area contributed by atoms with Crippen molar-refractivity contribution in [3.8, 4) is 0 Å². The number of nitrogens with zero attached hydrogens (tertiary/aromatic N) is 1. The first-order chi connectivity index (χ1) is 10.6. The van der Waals surface area contributed by atoms with Crippen LogP contribution in [0.1, 0.15) is 37.2 Å². The highest BCUT2D eigenvalue weighted by Gasteiger charge is 2.30. The van der Waals surface area contributed by atoms with Crippen LogP contribution in [0, 0.1) is 11.7 Å². The summed E-state index contributed by atoms with van der Waals surface area (Å²) in [5.41, 5.74) is 1.20. The zero-order valence-corrected chi connectivity index (χ0v) is 13.0. The lowest BCUT2D eigenvalue weighted by molar-refractivity contribution is -0.137. The average Bonchev–Trinajstić information content (AvgIpc) is 2.84. The summed E-state index contributed by atoms with van der Waals surface area (Å²) in [6.45, 7) is 2.05. The van der Waals surface area contributed by atoms with E-state index in [0.29, 0.717) is 18.3 Å². The Bertz CT molecular complexity index is 512. The van der Waals surface area contributed by atoms with Gasteiger partial charge in [-0.3, -0.25) is 4.79 Å². The lowest BCUT2D eigenvalue weighted by atomic mass is 9.86. The topological polar surface area (TPSA) is 40.5 Å². The number of unbranched alkanes of at least 4 members (excludes halogenated alkanes) is 1. The Morgan fingerprint density at radius 3 is 2.73 bits per heavy atom. The van der Waals surface area contributed by atoms with Crippen LogP contribution in [0.4, 0.5) is 4.39 Å². The minimum Gasteiger partial charge on any atom is -0.481 e. The molecule has 0 saturated carbocycles. The summed E-state index contributed by atoms with van der Waals surface area (Å²) in [4.78, 5) is 12.8. The summed E-state index contributed by atoms with van der Waals surface area (Å²) in [6, 6.07) is 6.85. The summed E-state index contributed by atoms with van der Waals surface area (Å²) >= 11 is 0. The lowest BCUT2D eigenvalue weighted by Gasteiger charge is -2.17. The van der Waals surface area contributed by atoms with Crippen LogP contribution < -0.4 is 0 Å². The highest BCUT2D eigenvalue weighted by atomic mass is 19.1. The van der Waals surface area contributed by atoms with Crippen molar-refractivity contribution >= 4 is 5.97 Å².